The highest BCUT2D eigenvalue weighted by Crippen LogP contribution is 2.45. The summed E-state index contributed by atoms with van der Waals surface area (Å²) in [6.07, 6.45) is 0. The monoisotopic (exact) mass is 482 g/mol. The first-order valence-corrected chi connectivity index (χ1v) is 11.1. The summed E-state index contributed by atoms with van der Waals surface area (Å²) in [6.45, 7) is -0.460. The van der Waals surface area contributed by atoms with Crippen LogP contribution in [0.3, 0.4) is 0 Å². The predicted molar refractivity (Wildman–Crippen MR) is 114 cm³/mol. The van der Waals surface area contributed by atoms with Gasteiger partial charge in [-0.2, -0.15) is 0 Å². The van der Waals surface area contributed by atoms with Gasteiger partial charge in [-0.05, 0) is 39.7 Å². The quantitative estimate of drug-likeness (QED) is 0.363. The van der Waals surface area contributed by atoms with Crippen LogP contribution in [0.1, 0.15) is 20.5 Å². The third kappa shape index (κ3) is 5.27. The number of halogens is 1. The summed E-state index contributed by atoms with van der Waals surface area (Å²) < 4.78 is 5.80. The first-order valence-electron chi connectivity index (χ1n) is 8.18. The van der Waals surface area contributed by atoms with Gasteiger partial charge in [-0.3, -0.25) is 14.9 Å². The maximum Gasteiger partial charge on any atom is 0.338 e. The molecule has 146 valence electrons. The molecule has 1 aliphatic rings. The molecule has 3 rings (SSSR count). The highest BCUT2D eigenvalue weighted by Gasteiger charge is 2.19. The maximum atomic E-state index is 12.1. The largest absolute Gasteiger partial charge is 0.452 e. The minimum absolute atomic E-state index is 0.103. The van der Waals surface area contributed by atoms with Gasteiger partial charge < -0.3 is 10.1 Å². The Balaban J connectivity index is 1.52. The fourth-order valence-electron chi connectivity index (χ4n) is 2.45. The van der Waals surface area contributed by atoms with Crippen LogP contribution < -0.4 is 5.32 Å². The van der Waals surface area contributed by atoms with Crippen molar-refractivity contribution in [2.45, 2.75) is 4.58 Å². The number of nitro benzene ring substituents is 1. The van der Waals surface area contributed by atoms with Crippen molar-refractivity contribution in [2.75, 3.05) is 23.4 Å². The van der Waals surface area contributed by atoms with E-state index in [2.05, 4.69) is 21.2 Å². The molecule has 1 amide bonds. The number of ether oxygens (including phenoxy) is 1. The number of nitro groups is 1. The molecule has 0 aliphatic carbocycles. The predicted octanol–water partition coefficient (Wildman–Crippen LogP) is 4.63. The van der Waals surface area contributed by atoms with E-state index in [1.807, 2.05) is 35.7 Å². The average molecular weight is 483 g/mol. The van der Waals surface area contributed by atoms with Crippen molar-refractivity contribution in [1.82, 2.24) is 0 Å². The van der Waals surface area contributed by atoms with Crippen LogP contribution in [0.5, 0.6) is 0 Å². The van der Waals surface area contributed by atoms with E-state index in [0.29, 0.717) is 20.3 Å². The molecule has 0 bridgehead atoms. The molecule has 0 saturated carbocycles. The molecule has 1 aliphatic heterocycles. The fraction of sp³-hybridized carbons (Fsp3) is 0.222. The topological polar surface area (TPSA) is 98.5 Å². The zero-order valence-corrected chi connectivity index (χ0v) is 17.6. The standard InChI is InChI=1S/C18H15BrN2O5S2/c19-14-9-13(21(24)25)5-6-15(14)20-16(22)10-26-17(23)11-1-3-12(4-2-11)18-27-7-8-28-18/h1-6,9,18H,7-8,10H2,(H,20,22). The molecular weight excluding hydrogens is 468 g/mol. The summed E-state index contributed by atoms with van der Waals surface area (Å²) in [6, 6.07) is 11.2. The van der Waals surface area contributed by atoms with Crippen molar-refractivity contribution >= 4 is 62.7 Å². The fourth-order valence-corrected chi connectivity index (χ4v) is 5.77. The number of esters is 1. The van der Waals surface area contributed by atoms with Crippen LogP contribution >= 0.6 is 39.5 Å². The number of benzene rings is 2. The molecule has 1 N–H and O–H groups in total. The second kappa shape index (κ2) is 9.44. The van der Waals surface area contributed by atoms with E-state index in [1.165, 1.54) is 18.2 Å². The van der Waals surface area contributed by atoms with E-state index >= 15 is 0 Å². The average Bonchev–Trinajstić information content (AvgIpc) is 3.22. The molecule has 0 atom stereocenters. The third-order valence-electron chi connectivity index (χ3n) is 3.81. The lowest BCUT2D eigenvalue weighted by Gasteiger charge is -2.10. The number of anilines is 1. The van der Waals surface area contributed by atoms with Gasteiger partial charge in [0.25, 0.3) is 11.6 Å². The van der Waals surface area contributed by atoms with Crippen molar-refractivity contribution in [1.29, 1.82) is 0 Å². The summed E-state index contributed by atoms with van der Waals surface area (Å²) >= 11 is 6.93. The number of thioether (sulfide) groups is 2. The van der Waals surface area contributed by atoms with E-state index in [0.717, 1.165) is 17.1 Å². The van der Waals surface area contributed by atoms with Gasteiger partial charge in [0.05, 0.1) is 20.8 Å². The summed E-state index contributed by atoms with van der Waals surface area (Å²) in [5.74, 6) is 1.12. The van der Waals surface area contributed by atoms with Crippen molar-refractivity contribution in [3.05, 3.63) is 68.2 Å². The van der Waals surface area contributed by atoms with E-state index in [9.17, 15) is 19.7 Å². The number of amides is 1. The van der Waals surface area contributed by atoms with E-state index < -0.39 is 23.4 Å². The van der Waals surface area contributed by atoms with Crippen LogP contribution in [0.15, 0.2) is 46.9 Å². The molecule has 2 aromatic rings. The van der Waals surface area contributed by atoms with Gasteiger partial charge in [0.1, 0.15) is 0 Å². The highest BCUT2D eigenvalue weighted by molar-refractivity contribution is 9.10. The lowest BCUT2D eigenvalue weighted by molar-refractivity contribution is -0.384. The molecule has 0 aromatic heterocycles. The van der Waals surface area contributed by atoms with Gasteiger partial charge in [0, 0.05) is 28.1 Å². The zero-order chi connectivity index (χ0) is 20.1. The van der Waals surface area contributed by atoms with Gasteiger partial charge in [0.15, 0.2) is 6.61 Å². The van der Waals surface area contributed by atoms with Crippen LogP contribution in [-0.4, -0.2) is 34.9 Å². The Hall–Kier alpha value is -2.04. The van der Waals surface area contributed by atoms with Crippen LogP contribution in [0, 0.1) is 10.1 Å². The van der Waals surface area contributed by atoms with Gasteiger partial charge in [-0.15, -0.1) is 23.5 Å². The van der Waals surface area contributed by atoms with Crippen molar-refractivity contribution in [3.63, 3.8) is 0 Å². The van der Waals surface area contributed by atoms with Crippen LogP contribution in [-0.2, 0) is 9.53 Å². The van der Waals surface area contributed by atoms with Gasteiger partial charge >= 0.3 is 5.97 Å². The number of carbonyl (C=O) groups excluding carboxylic acids is 2. The number of carbonyl (C=O) groups is 2. The minimum Gasteiger partial charge on any atom is -0.452 e. The van der Waals surface area contributed by atoms with Crippen LogP contribution in [0.4, 0.5) is 11.4 Å². The molecule has 2 aromatic carbocycles. The molecule has 28 heavy (non-hydrogen) atoms. The minimum atomic E-state index is -0.587. The second-order valence-corrected chi connectivity index (χ2v) is 9.32. The number of non-ortho nitro benzene ring substituents is 1. The Kier molecular flexibility index (Phi) is 6.97. The maximum absolute atomic E-state index is 12.1. The van der Waals surface area contributed by atoms with Gasteiger partial charge in [-0.25, -0.2) is 4.79 Å². The highest BCUT2D eigenvalue weighted by atomic mass is 79.9. The Morgan fingerprint density at radius 1 is 1.18 bits per heavy atom. The lowest BCUT2D eigenvalue weighted by atomic mass is 10.1. The summed E-state index contributed by atoms with van der Waals surface area (Å²) in [4.78, 5) is 34.3. The summed E-state index contributed by atoms with van der Waals surface area (Å²) in [7, 11) is 0. The van der Waals surface area contributed by atoms with Crippen molar-refractivity contribution in [2.24, 2.45) is 0 Å². The molecule has 1 heterocycles. The normalized spacial score (nSPS) is 13.9. The van der Waals surface area contributed by atoms with E-state index in [-0.39, 0.29) is 5.69 Å². The van der Waals surface area contributed by atoms with E-state index in [1.54, 1.807) is 12.1 Å². The van der Waals surface area contributed by atoms with Gasteiger partial charge in [0.2, 0.25) is 0 Å². The Morgan fingerprint density at radius 3 is 2.46 bits per heavy atom. The Bertz CT molecular complexity index is 901. The molecule has 0 unspecified atom stereocenters. The first-order chi connectivity index (χ1) is 13.4. The molecule has 7 nitrogen and oxygen atoms in total. The number of hydrogen-bond acceptors (Lipinski definition) is 7. The summed E-state index contributed by atoms with van der Waals surface area (Å²) in [5.41, 5.74) is 1.78. The number of nitrogens with zero attached hydrogens (tertiary/aromatic N) is 1. The Morgan fingerprint density at radius 2 is 1.86 bits per heavy atom. The summed E-state index contributed by atoms with van der Waals surface area (Å²) in [5, 5.41) is 13.3. The van der Waals surface area contributed by atoms with Crippen molar-refractivity contribution in [3.8, 4) is 0 Å². The molecule has 0 radical (unpaired) electrons. The zero-order valence-electron chi connectivity index (χ0n) is 14.4. The molecule has 1 saturated heterocycles. The van der Waals surface area contributed by atoms with Crippen LogP contribution in [0.2, 0.25) is 0 Å². The lowest BCUT2D eigenvalue weighted by Crippen LogP contribution is -2.21. The van der Waals surface area contributed by atoms with Crippen LogP contribution in [0.25, 0.3) is 0 Å². The van der Waals surface area contributed by atoms with Crippen molar-refractivity contribution < 1.29 is 19.2 Å². The molecule has 0 spiro atoms. The number of nitrogens with one attached hydrogen (secondary N) is 1. The number of rotatable bonds is 6. The first kappa shape index (κ1) is 20.7. The second-order valence-electron chi connectivity index (χ2n) is 5.74. The van der Waals surface area contributed by atoms with Gasteiger partial charge in [-0.1, -0.05) is 12.1 Å². The Labute approximate surface area is 177 Å². The molecular formula is C18H15BrN2O5S2. The van der Waals surface area contributed by atoms with E-state index in [4.69, 9.17) is 4.74 Å². The SMILES string of the molecule is O=C(COC(=O)c1ccc(C2SCCS2)cc1)Nc1ccc([N+](=O)[O-])cc1Br. The molecule has 1 fully saturated rings. The number of hydrogen-bond donors (Lipinski definition) is 1. The smallest absolute Gasteiger partial charge is 0.338 e. The third-order valence-corrected chi connectivity index (χ3v) is 7.57. The molecule has 10 heteroatoms.